The van der Waals surface area contributed by atoms with Gasteiger partial charge in [-0.3, -0.25) is 9.71 Å². The van der Waals surface area contributed by atoms with Gasteiger partial charge < -0.3 is 5.73 Å². The molecule has 0 saturated heterocycles. The molecule has 2 aromatic rings. The topological polar surface area (TPSA) is 85.1 Å². The molecule has 0 fully saturated rings. The van der Waals surface area contributed by atoms with Crippen molar-refractivity contribution in [2.45, 2.75) is 11.8 Å². The van der Waals surface area contributed by atoms with E-state index in [1.807, 2.05) is 0 Å². The van der Waals surface area contributed by atoms with Gasteiger partial charge in [-0.25, -0.2) is 12.8 Å². The van der Waals surface area contributed by atoms with Crippen LogP contribution in [-0.2, 0) is 10.0 Å². The van der Waals surface area contributed by atoms with Crippen molar-refractivity contribution in [1.82, 2.24) is 4.98 Å². The van der Waals surface area contributed by atoms with E-state index < -0.39 is 20.7 Å². The third-order valence-electron chi connectivity index (χ3n) is 2.39. The third-order valence-corrected chi connectivity index (χ3v) is 3.79. The monoisotopic (exact) mass is 281 g/mol. The Balaban J connectivity index is 2.40. The summed E-state index contributed by atoms with van der Waals surface area (Å²) >= 11 is 0. The van der Waals surface area contributed by atoms with Crippen LogP contribution in [0.3, 0.4) is 0 Å². The molecule has 0 unspecified atom stereocenters. The number of rotatable bonds is 3. The Morgan fingerprint density at radius 2 is 2.00 bits per heavy atom. The zero-order chi connectivity index (χ0) is 14.0. The molecule has 0 amide bonds. The Morgan fingerprint density at radius 1 is 1.26 bits per heavy atom. The van der Waals surface area contributed by atoms with Gasteiger partial charge in [-0.2, -0.15) is 0 Å². The molecule has 0 aliphatic heterocycles. The number of aromatic nitrogens is 1. The Labute approximate surface area is 110 Å². The van der Waals surface area contributed by atoms with Crippen LogP contribution < -0.4 is 10.5 Å². The Morgan fingerprint density at radius 3 is 2.68 bits per heavy atom. The van der Waals surface area contributed by atoms with Gasteiger partial charge in [-0.05, 0) is 37.3 Å². The van der Waals surface area contributed by atoms with Gasteiger partial charge in [-0.15, -0.1) is 0 Å². The normalized spacial score (nSPS) is 11.3. The summed E-state index contributed by atoms with van der Waals surface area (Å²) in [4.78, 5) is 3.46. The van der Waals surface area contributed by atoms with Crippen LogP contribution >= 0.6 is 0 Å². The highest BCUT2D eigenvalue weighted by molar-refractivity contribution is 7.92. The second kappa shape index (κ2) is 4.85. The van der Waals surface area contributed by atoms with Crippen LogP contribution in [0.2, 0.25) is 0 Å². The quantitative estimate of drug-likeness (QED) is 0.842. The van der Waals surface area contributed by atoms with Gasteiger partial charge in [0.05, 0.1) is 5.69 Å². The second-order valence-corrected chi connectivity index (χ2v) is 5.63. The van der Waals surface area contributed by atoms with Crippen molar-refractivity contribution in [3.63, 3.8) is 0 Å². The SMILES string of the molecule is Cc1cc(NS(=O)(=O)c2cc(N)ccc2F)ccn1. The summed E-state index contributed by atoms with van der Waals surface area (Å²) in [6.07, 6.45) is 1.46. The lowest BCUT2D eigenvalue weighted by Crippen LogP contribution is -2.15. The van der Waals surface area contributed by atoms with Crippen LogP contribution in [0.5, 0.6) is 0 Å². The lowest BCUT2D eigenvalue weighted by atomic mass is 10.3. The first-order valence-electron chi connectivity index (χ1n) is 5.39. The molecule has 2 rings (SSSR count). The zero-order valence-electron chi connectivity index (χ0n) is 10.1. The number of nitrogens with two attached hydrogens (primary N) is 1. The molecule has 1 aromatic carbocycles. The average molecular weight is 281 g/mol. The van der Waals surface area contributed by atoms with E-state index in [9.17, 15) is 12.8 Å². The molecule has 1 heterocycles. The number of pyridine rings is 1. The van der Waals surface area contributed by atoms with E-state index in [0.717, 1.165) is 12.1 Å². The average Bonchev–Trinajstić information content (AvgIpc) is 2.31. The first-order valence-corrected chi connectivity index (χ1v) is 6.87. The van der Waals surface area contributed by atoms with Crippen molar-refractivity contribution in [3.8, 4) is 0 Å². The lowest BCUT2D eigenvalue weighted by Gasteiger charge is -2.09. The smallest absolute Gasteiger partial charge is 0.264 e. The first kappa shape index (κ1) is 13.3. The molecular formula is C12H12FN3O2S. The molecular weight excluding hydrogens is 269 g/mol. The number of benzene rings is 1. The summed E-state index contributed by atoms with van der Waals surface area (Å²) in [7, 11) is -4.02. The maximum atomic E-state index is 13.6. The van der Waals surface area contributed by atoms with E-state index in [4.69, 9.17) is 5.73 Å². The Kier molecular flexibility index (Phi) is 3.39. The van der Waals surface area contributed by atoms with E-state index in [2.05, 4.69) is 9.71 Å². The summed E-state index contributed by atoms with van der Waals surface area (Å²) in [5.74, 6) is -0.854. The summed E-state index contributed by atoms with van der Waals surface area (Å²) in [6.45, 7) is 1.72. The molecule has 0 atom stereocenters. The van der Waals surface area contributed by atoms with Crippen molar-refractivity contribution in [1.29, 1.82) is 0 Å². The fourth-order valence-electron chi connectivity index (χ4n) is 1.55. The van der Waals surface area contributed by atoms with Gasteiger partial charge in [0, 0.05) is 17.6 Å². The molecule has 0 aliphatic rings. The molecule has 0 spiro atoms. The van der Waals surface area contributed by atoms with Crippen molar-refractivity contribution >= 4 is 21.4 Å². The highest BCUT2D eigenvalue weighted by Gasteiger charge is 2.19. The predicted octanol–water partition coefficient (Wildman–Crippen LogP) is 1.91. The molecule has 0 bridgehead atoms. The van der Waals surface area contributed by atoms with Gasteiger partial charge in [0.15, 0.2) is 0 Å². The van der Waals surface area contributed by atoms with Crippen molar-refractivity contribution in [3.05, 3.63) is 48.0 Å². The zero-order valence-corrected chi connectivity index (χ0v) is 10.9. The van der Waals surface area contributed by atoms with E-state index >= 15 is 0 Å². The first-order chi connectivity index (χ1) is 8.88. The summed E-state index contributed by atoms with van der Waals surface area (Å²) in [5.41, 5.74) is 6.61. The summed E-state index contributed by atoms with van der Waals surface area (Å²) in [5, 5.41) is 0. The maximum absolute atomic E-state index is 13.6. The minimum atomic E-state index is -4.02. The lowest BCUT2D eigenvalue weighted by molar-refractivity contribution is 0.570. The van der Waals surface area contributed by atoms with Crippen LogP contribution in [0.15, 0.2) is 41.4 Å². The maximum Gasteiger partial charge on any atom is 0.264 e. The highest BCUT2D eigenvalue weighted by Crippen LogP contribution is 2.21. The van der Waals surface area contributed by atoms with Crippen LogP contribution in [0.25, 0.3) is 0 Å². The number of nitrogens with zero attached hydrogens (tertiary/aromatic N) is 1. The van der Waals surface area contributed by atoms with Crippen LogP contribution in [-0.4, -0.2) is 13.4 Å². The van der Waals surface area contributed by atoms with Crippen molar-refractivity contribution in [2.24, 2.45) is 0 Å². The molecule has 100 valence electrons. The number of anilines is 2. The van der Waals surface area contributed by atoms with Crippen LogP contribution in [0.1, 0.15) is 5.69 Å². The van der Waals surface area contributed by atoms with Gasteiger partial charge in [0.2, 0.25) is 0 Å². The van der Waals surface area contributed by atoms with Gasteiger partial charge >= 0.3 is 0 Å². The number of hydrogen-bond donors (Lipinski definition) is 2. The molecule has 3 N–H and O–H groups in total. The van der Waals surface area contributed by atoms with Crippen molar-refractivity contribution < 1.29 is 12.8 Å². The molecule has 19 heavy (non-hydrogen) atoms. The number of nitrogens with one attached hydrogen (secondary N) is 1. The van der Waals surface area contributed by atoms with E-state index in [-0.39, 0.29) is 5.69 Å². The molecule has 1 aromatic heterocycles. The highest BCUT2D eigenvalue weighted by atomic mass is 32.2. The summed E-state index contributed by atoms with van der Waals surface area (Å²) < 4.78 is 40.0. The van der Waals surface area contributed by atoms with Crippen LogP contribution in [0, 0.1) is 12.7 Å². The number of halogens is 1. The van der Waals surface area contributed by atoms with Crippen molar-refractivity contribution in [2.75, 3.05) is 10.5 Å². The Bertz CT molecular complexity index is 717. The number of hydrogen-bond acceptors (Lipinski definition) is 4. The van der Waals surface area contributed by atoms with Crippen LogP contribution in [0.4, 0.5) is 15.8 Å². The molecule has 5 nitrogen and oxygen atoms in total. The molecule has 7 heteroatoms. The fourth-order valence-corrected chi connectivity index (χ4v) is 2.71. The number of sulfonamides is 1. The molecule has 0 radical (unpaired) electrons. The fraction of sp³-hybridized carbons (Fsp3) is 0.0833. The largest absolute Gasteiger partial charge is 0.399 e. The predicted molar refractivity (Wildman–Crippen MR) is 70.6 cm³/mol. The van der Waals surface area contributed by atoms with E-state index in [1.54, 1.807) is 13.0 Å². The van der Waals surface area contributed by atoms with E-state index in [1.165, 1.54) is 18.3 Å². The minimum Gasteiger partial charge on any atom is -0.399 e. The number of nitrogen functional groups attached to an aromatic ring is 1. The van der Waals surface area contributed by atoms with Gasteiger partial charge in [-0.1, -0.05) is 0 Å². The summed E-state index contributed by atoms with van der Waals surface area (Å²) in [6, 6.07) is 6.41. The Hall–Kier alpha value is -2.15. The molecule has 0 saturated carbocycles. The van der Waals surface area contributed by atoms with Gasteiger partial charge in [0.1, 0.15) is 10.7 Å². The second-order valence-electron chi connectivity index (χ2n) is 3.98. The third kappa shape index (κ3) is 3.00. The van der Waals surface area contributed by atoms with Gasteiger partial charge in [0.25, 0.3) is 10.0 Å². The standard InChI is InChI=1S/C12H12FN3O2S/c1-8-6-10(4-5-15-8)16-19(17,18)12-7-9(14)2-3-11(12)13/h2-7H,14H2,1H3,(H,15,16). The van der Waals surface area contributed by atoms with E-state index in [0.29, 0.717) is 11.4 Å². The minimum absolute atomic E-state index is 0.174. The number of aryl methyl sites for hydroxylation is 1. The molecule has 0 aliphatic carbocycles.